The van der Waals surface area contributed by atoms with Gasteiger partial charge in [0.1, 0.15) is 5.69 Å². The zero-order chi connectivity index (χ0) is 19.5. The lowest BCUT2D eigenvalue weighted by molar-refractivity contribution is 0.102. The van der Waals surface area contributed by atoms with E-state index in [1.807, 2.05) is 72.4 Å². The highest BCUT2D eigenvalue weighted by Gasteiger charge is 2.20. The van der Waals surface area contributed by atoms with Gasteiger partial charge in [0.15, 0.2) is 5.13 Å². The molecule has 7 heteroatoms. The average Bonchev–Trinajstić information content (AvgIpc) is 3.28. The van der Waals surface area contributed by atoms with E-state index in [0.29, 0.717) is 22.9 Å². The number of aromatic nitrogens is 4. The summed E-state index contributed by atoms with van der Waals surface area (Å²) < 4.78 is 1.86. The quantitative estimate of drug-likeness (QED) is 0.552. The number of nitrogens with one attached hydrogen (secondary N) is 1. The van der Waals surface area contributed by atoms with Crippen LogP contribution < -0.4 is 5.32 Å². The predicted octanol–water partition coefficient (Wildman–Crippen LogP) is 4.32. The second-order valence-electron chi connectivity index (χ2n) is 6.40. The van der Waals surface area contributed by atoms with Crippen LogP contribution in [0.4, 0.5) is 5.13 Å². The number of pyridine rings is 1. The van der Waals surface area contributed by atoms with E-state index in [4.69, 9.17) is 0 Å². The molecule has 3 aromatic heterocycles. The fraction of sp³-hybridized carbons (Fsp3) is 0.143. The van der Waals surface area contributed by atoms with Gasteiger partial charge in [0.2, 0.25) is 0 Å². The van der Waals surface area contributed by atoms with E-state index in [1.165, 1.54) is 11.3 Å². The van der Waals surface area contributed by atoms with Gasteiger partial charge >= 0.3 is 0 Å². The number of anilines is 1. The molecule has 0 saturated heterocycles. The zero-order valence-corrected chi connectivity index (χ0v) is 16.4. The third-order valence-electron chi connectivity index (χ3n) is 4.44. The van der Waals surface area contributed by atoms with Crippen molar-refractivity contribution in [3.63, 3.8) is 0 Å². The molecule has 0 bridgehead atoms. The molecular formula is C21H19N5OS. The molecule has 1 aromatic carbocycles. The summed E-state index contributed by atoms with van der Waals surface area (Å²) in [5, 5.41) is 9.87. The molecule has 3 heterocycles. The molecule has 0 aliphatic carbocycles. The zero-order valence-electron chi connectivity index (χ0n) is 15.6. The summed E-state index contributed by atoms with van der Waals surface area (Å²) in [5.74, 6) is -0.198. The average molecular weight is 389 g/mol. The fourth-order valence-electron chi connectivity index (χ4n) is 3.06. The Bertz CT molecular complexity index is 1100. The highest BCUT2D eigenvalue weighted by Crippen LogP contribution is 2.24. The molecule has 1 N–H and O–H groups in total. The first kappa shape index (κ1) is 18.1. The minimum absolute atomic E-state index is 0.198. The summed E-state index contributed by atoms with van der Waals surface area (Å²) >= 11 is 1.38. The van der Waals surface area contributed by atoms with E-state index in [0.717, 1.165) is 22.6 Å². The fourth-order valence-corrected chi connectivity index (χ4v) is 3.76. The molecule has 0 aliphatic rings. The summed E-state index contributed by atoms with van der Waals surface area (Å²) in [4.78, 5) is 21.6. The van der Waals surface area contributed by atoms with Crippen molar-refractivity contribution in [3.8, 4) is 11.4 Å². The Hall–Kier alpha value is -3.32. The normalized spacial score (nSPS) is 10.8. The largest absolute Gasteiger partial charge is 0.298 e. The number of hydrogen-bond acceptors (Lipinski definition) is 5. The van der Waals surface area contributed by atoms with Crippen LogP contribution in [0, 0.1) is 13.8 Å². The summed E-state index contributed by atoms with van der Waals surface area (Å²) in [7, 11) is 0. The minimum atomic E-state index is -0.198. The van der Waals surface area contributed by atoms with Crippen LogP contribution in [0.1, 0.15) is 27.3 Å². The van der Waals surface area contributed by atoms with Crippen molar-refractivity contribution in [2.45, 2.75) is 20.4 Å². The number of rotatable bonds is 5. The first-order valence-electron chi connectivity index (χ1n) is 8.88. The minimum Gasteiger partial charge on any atom is -0.298 e. The highest BCUT2D eigenvalue weighted by atomic mass is 32.1. The maximum atomic E-state index is 12.9. The molecule has 0 atom stereocenters. The van der Waals surface area contributed by atoms with Gasteiger partial charge in [0, 0.05) is 17.3 Å². The van der Waals surface area contributed by atoms with Crippen molar-refractivity contribution in [1.82, 2.24) is 19.7 Å². The van der Waals surface area contributed by atoms with Crippen LogP contribution in [-0.2, 0) is 6.54 Å². The van der Waals surface area contributed by atoms with Crippen LogP contribution in [0.3, 0.4) is 0 Å². The second-order valence-corrected chi connectivity index (χ2v) is 7.25. The van der Waals surface area contributed by atoms with Crippen LogP contribution in [0.5, 0.6) is 0 Å². The number of aryl methyl sites for hydroxylation is 1. The Labute approximate surface area is 166 Å². The van der Waals surface area contributed by atoms with E-state index < -0.39 is 0 Å². The molecule has 0 spiro atoms. The van der Waals surface area contributed by atoms with Gasteiger partial charge in [0.25, 0.3) is 5.91 Å². The SMILES string of the molecule is Cc1nn(Cc2ccccc2)c(C)c1C(=O)Nc1nc(-c2ccccn2)cs1. The molecule has 28 heavy (non-hydrogen) atoms. The number of carbonyl (C=O) groups is 1. The van der Waals surface area contributed by atoms with E-state index >= 15 is 0 Å². The molecule has 4 rings (SSSR count). The molecule has 1 amide bonds. The molecule has 4 aromatic rings. The number of nitrogens with zero attached hydrogens (tertiary/aromatic N) is 4. The van der Waals surface area contributed by atoms with Crippen LogP contribution in [0.15, 0.2) is 60.1 Å². The molecule has 0 unspecified atom stereocenters. The molecule has 140 valence electrons. The lowest BCUT2D eigenvalue weighted by Gasteiger charge is -2.06. The standard InChI is InChI=1S/C21H19N5OS/c1-14-19(15(2)26(25-14)12-16-8-4-3-5-9-16)20(27)24-21-23-18(13-28-21)17-10-6-7-11-22-17/h3-11,13H,12H2,1-2H3,(H,23,24,27). The lowest BCUT2D eigenvalue weighted by Crippen LogP contribution is -2.14. The van der Waals surface area contributed by atoms with E-state index in [2.05, 4.69) is 20.4 Å². The van der Waals surface area contributed by atoms with Crippen molar-refractivity contribution in [1.29, 1.82) is 0 Å². The second kappa shape index (κ2) is 7.74. The van der Waals surface area contributed by atoms with Crippen molar-refractivity contribution in [2.75, 3.05) is 5.32 Å². The van der Waals surface area contributed by atoms with Crippen LogP contribution in [0.2, 0.25) is 0 Å². The molecule has 0 fully saturated rings. The maximum absolute atomic E-state index is 12.9. The Kier molecular flexibility index (Phi) is 4.99. The lowest BCUT2D eigenvalue weighted by atomic mass is 10.2. The van der Waals surface area contributed by atoms with Gasteiger partial charge in [-0.2, -0.15) is 5.10 Å². The number of benzene rings is 1. The summed E-state index contributed by atoms with van der Waals surface area (Å²) in [5.41, 5.74) is 4.79. The van der Waals surface area contributed by atoms with Gasteiger partial charge in [-0.25, -0.2) is 4.98 Å². The van der Waals surface area contributed by atoms with Gasteiger partial charge in [-0.15, -0.1) is 11.3 Å². The van der Waals surface area contributed by atoms with Crippen LogP contribution in [-0.4, -0.2) is 25.7 Å². The third kappa shape index (κ3) is 3.70. The molecule has 0 radical (unpaired) electrons. The molecular weight excluding hydrogens is 370 g/mol. The van der Waals surface area contributed by atoms with Gasteiger partial charge in [-0.1, -0.05) is 36.4 Å². The summed E-state index contributed by atoms with van der Waals surface area (Å²) in [6.45, 7) is 4.39. The predicted molar refractivity (Wildman–Crippen MR) is 111 cm³/mol. The van der Waals surface area contributed by atoms with Crippen molar-refractivity contribution in [3.05, 3.63) is 82.6 Å². The van der Waals surface area contributed by atoms with E-state index in [9.17, 15) is 4.79 Å². The third-order valence-corrected chi connectivity index (χ3v) is 5.19. The molecule has 6 nitrogen and oxygen atoms in total. The Balaban J connectivity index is 1.53. The maximum Gasteiger partial charge on any atom is 0.261 e. The van der Waals surface area contributed by atoms with Crippen molar-refractivity contribution in [2.24, 2.45) is 0 Å². The van der Waals surface area contributed by atoms with Crippen molar-refractivity contribution < 1.29 is 4.79 Å². The molecule has 0 saturated carbocycles. The topological polar surface area (TPSA) is 72.7 Å². The Morgan fingerprint density at radius 1 is 1.07 bits per heavy atom. The van der Waals surface area contributed by atoms with Gasteiger partial charge < -0.3 is 0 Å². The summed E-state index contributed by atoms with van der Waals surface area (Å²) in [6.07, 6.45) is 1.72. The molecule has 0 aliphatic heterocycles. The van der Waals surface area contributed by atoms with E-state index in [-0.39, 0.29) is 5.91 Å². The van der Waals surface area contributed by atoms with E-state index in [1.54, 1.807) is 6.20 Å². The number of thiazole rings is 1. The monoisotopic (exact) mass is 389 g/mol. The Morgan fingerprint density at radius 2 is 1.86 bits per heavy atom. The smallest absolute Gasteiger partial charge is 0.261 e. The number of hydrogen-bond donors (Lipinski definition) is 1. The first-order valence-corrected chi connectivity index (χ1v) is 9.76. The van der Waals surface area contributed by atoms with Crippen molar-refractivity contribution >= 4 is 22.4 Å². The van der Waals surface area contributed by atoms with Gasteiger partial charge in [0.05, 0.1) is 23.5 Å². The van der Waals surface area contributed by atoms with Gasteiger partial charge in [-0.3, -0.25) is 19.8 Å². The first-order chi connectivity index (χ1) is 13.6. The van der Waals surface area contributed by atoms with Gasteiger partial charge in [-0.05, 0) is 31.5 Å². The number of amides is 1. The number of carbonyl (C=O) groups excluding carboxylic acids is 1. The highest BCUT2D eigenvalue weighted by molar-refractivity contribution is 7.14. The summed E-state index contributed by atoms with van der Waals surface area (Å²) in [6, 6.07) is 15.7. The Morgan fingerprint density at radius 3 is 2.61 bits per heavy atom. The van der Waals surface area contributed by atoms with Crippen LogP contribution in [0.25, 0.3) is 11.4 Å². The van der Waals surface area contributed by atoms with Crippen LogP contribution >= 0.6 is 11.3 Å².